The van der Waals surface area contributed by atoms with Crippen molar-refractivity contribution in [1.82, 2.24) is 10.2 Å². The van der Waals surface area contributed by atoms with Gasteiger partial charge in [-0.25, -0.2) is 0 Å². The zero-order valence-electron chi connectivity index (χ0n) is 17.9. The number of hydrogen-bond acceptors (Lipinski definition) is 4. The Bertz CT molecular complexity index is 660. The van der Waals surface area contributed by atoms with E-state index in [0.717, 1.165) is 30.9 Å². The van der Waals surface area contributed by atoms with E-state index in [-0.39, 0.29) is 17.4 Å². The first kappa shape index (κ1) is 24.3. The highest BCUT2D eigenvalue weighted by Crippen LogP contribution is 2.30. The van der Waals surface area contributed by atoms with Crippen LogP contribution in [0.2, 0.25) is 0 Å². The zero-order chi connectivity index (χ0) is 22.0. The maximum Gasteiger partial charge on any atom is 0.422 e. The number of likely N-dealkylation sites (tertiary alicyclic amines) is 1. The zero-order valence-corrected chi connectivity index (χ0v) is 17.9. The van der Waals surface area contributed by atoms with Crippen molar-refractivity contribution in [2.75, 3.05) is 39.9 Å². The Kier molecular flexibility index (Phi) is 9.75. The molecule has 8 heteroatoms. The number of carbonyl (C=O) groups is 1. The van der Waals surface area contributed by atoms with Gasteiger partial charge in [-0.1, -0.05) is 13.0 Å². The molecular weight excluding hydrogens is 397 g/mol. The minimum atomic E-state index is -4.41. The van der Waals surface area contributed by atoms with E-state index in [9.17, 15) is 18.0 Å². The number of rotatable bonds is 11. The molecule has 0 radical (unpaired) electrons. The van der Waals surface area contributed by atoms with Gasteiger partial charge in [0.05, 0.1) is 7.11 Å². The van der Waals surface area contributed by atoms with Crippen molar-refractivity contribution in [2.24, 2.45) is 5.92 Å². The molecule has 0 unspecified atom stereocenters. The quantitative estimate of drug-likeness (QED) is 0.535. The topological polar surface area (TPSA) is 50.8 Å². The molecular formula is C22H33F3N2O3. The minimum Gasteiger partial charge on any atom is -0.493 e. The summed E-state index contributed by atoms with van der Waals surface area (Å²) in [6, 6.07) is 4.71. The summed E-state index contributed by atoms with van der Waals surface area (Å²) in [5.41, 5.74) is 0.806. The van der Waals surface area contributed by atoms with Gasteiger partial charge in [-0.2, -0.15) is 13.2 Å². The van der Waals surface area contributed by atoms with Gasteiger partial charge in [0.15, 0.2) is 18.1 Å². The molecule has 0 spiro atoms. The van der Waals surface area contributed by atoms with Crippen LogP contribution in [-0.4, -0.2) is 56.9 Å². The van der Waals surface area contributed by atoms with E-state index >= 15 is 0 Å². The normalized spacial score (nSPS) is 15.8. The molecule has 1 aliphatic rings. The molecule has 30 heavy (non-hydrogen) atoms. The van der Waals surface area contributed by atoms with Crippen LogP contribution < -0.4 is 14.8 Å². The van der Waals surface area contributed by atoms with Crippen molar-refractivity contribution in [1.29, 1.82) is 0 Å². The number of amides is 1. The van der Waals surface area contributed by atoms with Gasteiger partial charge in [-0.05, 0) is 75.4 Å². The number of aryl methyl sites for hydroxylation is 1. The van der Waals surface area contributed by atoms with E-state index < -0.39 is 12.8 Å². The van der Waals surface area contributed by atoms with E-state index in [2.05, 4.69) is 17.1 Å². The number of carbonyl (C=O) groups excluding carboxylic acids is 1. The Morgan fingerprint density at radius 2 is 1.93 bits per heavy atom. The average Bonchev–Trinajstić information content (AvgIpc) is 2.71. The van der Waals surface area contributed by atoms with E-state index in [4.69, 9.17) is 9.47 Å². The number of hydrogen-bond donors (Lipinski definition) is 1. The van der Waals surface area contributed by atoms with Crippen LogP contribution in [0, 0.1) is 5.92 Å². The van der Waals surface area contributed by atoms with Gasteiger partial charge in [0, 0.05) is 13.0 Å². The third-order valence-corrected chi connectivity index (χ3v) is 5.36. The molecule has 5 nitrogen and oxygen atoms in total. The maximum atomic E-state index is 12.3. The summed E-state index contributed by atoms with van der Waals surface area (Å²) < 4.78 is 46.8. The lowest BCUT2D eigenvalue weighted by molar-refractivity contribution is -0.153. The molecule has 0 bridgehead atoms. The first-order chi connectivity index (χ1) is 14.3. The number of piperidine rings is 1. The van der Waals surface area contributed by atoms with Crippen molar-refractivity contribution in [2.45, 2.75) is 51.6 Å². The Morgan fingerprint density at radius 1 is 1.20 bits per heavy atom. The third kappa shape index (κ3) is 9.24. The van der Waals surface area contributed by atoms with Gasteiger partial charge < -0.3 is 19.7 Å². The van der Waals surface area contributed by atoms with Crippen LogP contribution >= 0.6 is 0 Å². The molecule has 0 aliphatic carbocycles. The largest absolute Gasteiger partial charge is 0.493 e. The van der Waals surface area contributed by atoms with Gasteiger partial charge in [-0.15, -0.1) is 0 Å². The molecule has 1 fully saturated rings. The molecule has 0 aromatic heterocycles. The molecule has 1 aliphatic heterocycles. The second kappa shape index (κ2) is 12.0. The van der Waals surface area contributed by atoms with Crippen LogP contribution in [0.4, 0.5) is 13.2 Å². The fraction of sp³-hybridized carbons (Fsp3) is 0.682. The van der Waals surface area contributed by atoms with Crippen molar-refractivity contribution < 1.29 is 27.4 Å². The average molecular weight is 431 g/mol. The predicted molar refractivity (Wildman–Crippen MR) is 110 cm³/mol. The highest BCUT2D eigenvalue weighted by molar-refractivity contribution is 5.76. The maximum absolute atomic E-state index is 12.3. The second-order valence-corrected chi connectivity index (χ2v) is 7.97. The van der Waals surface area contributed by atoms with Gasteiger partial charge in [0.2, 0.25) is 5.91 Å². The van der Waals surface area contributed by atoms with Crippen LogP contribution in [0.1, 0.15) is 44.6 Å². The molecule has 1 aromatic carbocycles. The molecule has 1 aromatic rings. The van der Waals surface area contributed by atoms with Gasteiger partial charge in [0.25, 0.3) is 0 Å². The lowest BCUT2D eigenvalue weighted by Gasteiger charge is -2.30. The number of ether oxygens (including phenoxy) is 2. The molecule has 0 saturated carbocycles. The van der Waals surface area contributed by atoms with Gasteiger partial charge in [-0.3, -0.25) is 4.79 Å². The Labute approximate surface area is 176 Å². The second-order valence-electron chi connectivity index (χ2n) is 7.97. The number of halogens is 3. The monoisotopic (exact) mass is 430 g/mol. The lowest BCUT2D eigenvalue weighted by atomic mass is 9.99. The Hall–Kier alpha value is -1.96. The van der Waals surface area contributed by atoms with Crippen molar-refractivity contribution in [3.63, 3.8) is 0 Å². The molecule has 1 N–H and O–H groups in total. The number of nitrogens with zero attached hydrogens (tertiary/aromatic N) is 1. The highest BCUT2D eigenvalue weighted by atomic mass is 19.4. The fourth-order valence-corrected chi connectivity index (χ4v) is 3.47. The van der Waals surface area contributed by atoms with Crippen LogP contribution in [0.3, 0.4) is 0 Å². The molecule has 1 saturated heterocycles. The number of benzene rings is 1. The van der Waals surface area contributed by atoms with Crippen LogP contribution in [0.25, 0.3) is 0 Å². The molecule has 0 atom stereocenters. The number of alkyl halides is 3. The summed E-state index contributed by atoms with van der Waals surface area (Å²) in [6.07, 6.45) is 0.966. The SMILES string of the molecule is COc1cc(CCC(=O)NCCCCN2CCC(C)CC2)ccc1OCC(F)(F)F. The van der Waals surface area contributed by atoms with Gasteiger partial charge >= 0.3 is 6.18 Å². The van der Waals surface area contributed by atoms with Crippen LogP contribution in [-0.2, 0) is 11.2 Å². The van der Waals surface area contributed by atoms with Crippen LogP contribution in [0.15, 0.2) is 18.2 Å². The summed E-state index contributed by atoms with van der Waals surface area (Å²) in [5, 5.41) is 2.94. The summed E-state index contributed by atoms with van der Waals surface area (Å²) in [5.74, 6) is 1.07. The van der Waals surface area contributed by atoms with Crippen molar-refractivity contribution >= 4 is 5.91 Å². The summed E-state index contributed by atoms with van der Waals surface area (Å²) in [4.78, 5) is 14.5. The Morgan fingerprint density at radius 3 is 2.60 bits per heavy atom. The number of unbranched alkanes of at least 4 members (excludes halogenated alkanes) is 1. The fourth-order valence-electron chi connectivity index (χ4n) is 3.47. The molecule has 2 rings (SSSR count). The molecule has 1 amide bonds. The van der Waals surface area contributed by atoms with Gasteiger partial charge in [0.1, 0.15) is 0 Å². The highest BCUT2D eigenvalue weighted by Gasteiger charge is 2.29. The summed E-state index contributed by atoms with van der Waals surface area (Å²) in [6.45, 7) is 5.04. The lowest BCUT2D eigenvalue weighted by Crippen LogP contribution is -2.34. The third-order valence-electron chi connectivity index (χ3n) is 5.36. The smallest absolute Gasteiger partial charge is 0.422 e. The predicted octanol–water partition coefficient (Wildman–Crippen LogP) is 4.20. The summed E-state index contributed by atoms with van der Waals surface area (Å²) in [7, 11) is 1.37. The van der Waals surface area contributed by atoms with Crippen molar-refractivity contribution in [3.8, 4) is 11.5 Å². The molecule has 170 valence electrons. The van der Waals surface area contributed by atoms with E-state index in [1.807, 2.05) is 0 Å². The number of methoxy groups -OCH3 is 1. The first-order valence-electron chi connectivity index (χ1n) is 10.6. The van der Waals surface area contributed by atoms with E-state index in [1.165, 1.54) is 39.1 Å². The van der Waals surface area contributed by atoms with E-state index in [1.54, 1.807) is 12.1 Å². The number of nitrogens with one attached hydrogen (secondary N) is 1. The minimum absolute atomic E-state index is 0.0295. The van der Waals surface area contributed by atoms with Crippen LogP contribution in [0.5, 0.6) is 11.5 Å². The van der Waals surface area contributed by atoms with Crippen molar-refractivity contribution in [3.05, 3.63) is 23.8 Å². The Balaban J connectivity index is 1.64. The summed E-state index contributed by atoms with van der Waals surface area (Å²) >= 11 is 0. The standard InChI is InChI=1S/C22H33F3N2O3/c1-17-9-13-27(14-10-17)12-4-3-11-26-21(28)8-6-18-5-7-19(20(15-18)29-2)30-16-22(23,24)25/h5,7,15,17H,3-4,6,8-14,16H2,1-2H3,(H,26,28). The van der Waals surface area contributed by atoms with E-state index in [0.29, 0.717) is 19.4 Å². The first-order valence-corrected chi connectivity index (χ1v) is 10.6. The molecule has 1 heterocycles.